The molecule has 32 heavy (non-hydrogen) atoms. The van der Waals surface area contributed by atoms with Gasteiger partial charge < -0.3 is 15.1 Å². The second-order valence-electron chi connectivity index (χ2n) is 8.14. The molecular formula is C24H34N4O3S. The van der Waals surface area contributed by atoms with Crippen molar-refractivity contribution in [2.75, 3.05) is 57.2 Å². The Morgan fingerprint density at radius 1 is 1.00 bits per heavy atom. The zero-order valence-corrected chi connectivity index (χ0v) is 19.9. The van der Waals surface area contributed by atoms with E-state index in [1.165, 1.54) is 16.4 Å². The van der Waals surface area contributed by atoms with E-state index in [1.807, 2.05) is 6.07 Å². The van der Waals surface area contributed by atoms with E-state index in [-0.39, 0.29) is 10.8 Å². The van der Waals surface area contributed by atoms with Gasteiger partial charge in [0.25, 0.3) is 15.9 Å². The van der Waals surface area contributed by atoms with Gasteiger partial charge in [0, 0.05) is 44.8 Å². The maximum absolute atomic E-state index is 13.2. The van der Waals surface area contributed by atoms with Crippen LogP contribution in [0.1, 0.15) is 30.1 Å². The number of likely N-dealkylation sites (N-methyl/N-ethyl adjacent to an activating group) is 1. The molecular weight excluding hydrogens is 424 g/mol. The minimum atomic E-state index is -3.76. The van der Waals surface area contributed by atoms with Crippen molar-refractivity contribution in [1.29, 1.82) is 0 Å². The summed E-state index contributed by atoms with van der Waals surface area (Å²) in [5.41, 5.74) is 0.958. The Morgan fingerprint density at radius 2 is 1.72 bits per heavy atom. The average molecular weight is 459 g/mol. The van der Waals surface area contributed by atoms with Crippen LogP contribution in [-0.4, -0.2) is 77.0 Å². The summed E-state index contributed by atoms with van der Waals surface area (Å²) < 4.78 is 27.7. The van der Waals surface area contributed by atoms with E-state index >= 15 is 0 Å². The summed E-state index contributed by atoms with van der Waals surface area (Å²) in [5, 5.41) is 2.92. The molecule has 1 aliphatic rings. The fourth-order valence-electron chi connectivity index (χ4n) is 3.85. The van der Waals surface area contributed by atoms with Gasteiger partial charge in [0.1, 0.15) is 0 Å². The van der Waals surface area contributed by atoms with Crippen LogP contribution in [0.4, 0.5) is 5.69 Å². The van der Waals surface area contributed by atoms with Crippen LogP contribution < -0.4 is 9.62 Å². The van der Waals surface area contributed by atoms with E-state index in [0.29, 0.717) is 24.3 Å². The molecule has 7 nitrogen and oxygen atoms in total. The molecule has 1 saturated heterocycles. The van der Waals surface area contributed by atoms with Gasteiger partial charge in [-0.25, -0.2) is 8.42 Å². The molecule has 2 aromatic carbocycles. The molecule has 1 amide bonds. The first-order valence-corrected chi connectivity index (χ1v) is 12.7. The van der Waals surface area contributed by atoms with Gasteiger partial charge in [0.15, 0.2) is 0 Å². The van der Waals surface area contributed by atoms with Crippen molar-refractivity contribution in [1.82, 2.24) is 15.1 Å². The van der Waals surface area contributed by atoms with Crippen molar-refractivity contribution in [2.24, 2.45) is 0 Å². The van der Waals surface area contributed by atoms with Crippen molar-refractivity contribution in [3.63, 3.8) is 0 Å². The predicted molar refractivity (Wildman–Crippen MR) is 129 cm³/mol. The smallest absolute Gasteiger partial charge is 0.264 e. The summed E-state index contributed by atoms with van der Waals surface area (Å²) in [6.45, 7) is 8.13. The lowest BCUT2D eigenvalue weighted by Gasteiger charge is -2.32. The number of hydrogen-bond donors (Lipinski definition) is 1. The molecule has 8 heteroatoms. The first-order valence-electron chi connectivity index (χ1n) is 11.3. The second-order valence-corrected chi connectivity index (χ2v) is 10.0. The van der Waals surface area contributed by atoms with Gasteiger partial charge in [-0.3, -0.25) is 9.10 Å². The number of nitrogens with one attached hydrogen (secondary N) is 1. The topological polar surface area (TPSA) is 73.0 Å². The Bertz CT molecular complexity index is 974. The molecule has 0 saturated carbocycles. The molecule has 0 radical (unpaired) electrons. The lowest BCUT2D eigenvalue weighted by Crippen LogP contribution is -2.44. The quantitative estimate of drug-likeness (QED) is 0.554. The Balaban J connectivity index is 1.55. The number of nitrogens with zero attached hydrogens (tertiary/aromatic N) is 3. The first kappa shape index (κ1) is 24.2. The summed E-state index contributed by atoms with van der Waals surface area (Å²) in [4.78, 5) is 17.5. The Morgan fingerprint density at radius 3 is 2.41 bits per heavy atom. The number of sulfonamides is 1. The number of amides is 1. The summed E-state index contributed by atoms with van der Waals surface area (Å²) in [6, 6.07) is 15.3. The number of carbonyl (C=O) groups excluding carboxylic acids is 1. The van der Waals surface area contributed by atoms with Crippen LogP contribution in [0, 0.1) is 0 Å². The lowest BCUT2D eigenvalue weighted by atomic mass is 10.2. The number of unbranched alkanes of at least 4 members (excludes halogenated alkanes) is 1. The number of carbonyl (C=O) groups is 1. The molecule has 1 N–H and O–H groups in total. The summed E-state index contributed by atoms with van der Waals surface area (Å²) in [5.74, 6) is -0.246. The van der Waals surface area contributed by atoms with Crippen LogP contribution in [0.15, 0.2) is 59.5 Å². The maximum atomic E-state index is 13.2. The molecule has 0 unspecified atom stereocenters. The summed E-state index contributed by atoms with van der Waals surface area (Å²) in [6.07, 6.45) is 1.93. The van der Waals surface area contributed by atoms with E-state index in [9.17, 15) is 13.2 Å². The zero-order chi connectivity index (χ0) is 23.0. The molecule has 0 atom stereocenters. The zero-order valence-electron chi connectivity index (χ0n) is 19.0. The normalized spacial score (nSPS) is 15.4. The van der Waals surface area contributed by atoms with Crippen LogP contribution in [0.5, 0.6) is 0 Å². The van der Waals surface area contributed by atoms with E-state index in [4.69, 9.17) is 0 Å². The highest BCUT2D eigenvalue weighted by Crippen LogP contribution is 2.23. The molecule has 0 aliphatic carbocycles. The summed E-state index contributed by atoms with van der Waals surface area (Å²) in [7, 11) is -1.61. The number of para-hydroxylation sites is 1. The van der Waals surface area contributed by atoms with Gasteiger partial charge in [0.2, 0.25) is 0 Å². The molecule has 1 heterocycles. The number of anilines is 1. The number of benzene rings is 2. The van der Waals surface area contributed by atoms with E-state index in [2.05, 4.69) is 22.2 Å². The highest BCUT2D eigenvalue weighted by Gasteiger charge is 2.24. The number of piperazine rings is 1. The summed E-state index contributed by atoms with van der Waals surface area (Å²) >= 11 is 0. The molecule has 174 valence electrons. The molecule has 1 fully saturated rings. The van der Waals surface area contributed by atoms with E-state index in [0.717, 1.165) is 45.6 Å². The van der Waals surface area contributed by atoms with Gasteiger partial charge in [-0.2, -0.15) is 0 Å². The number of rotatable bonds is 10. The predicted octanol–water partition coefficient (Wildman–Crippen LogP) is 2.66. The van der Waals surface area contributed by atoms with Gasteiger partial charge >= 0.3 is 0 Å². The average Bonchev–Trinajstić information content (AvgIpc) is 2.81. The first-order chi connectivity index (χ1) is 15.4. The monoisotopic (exact) mass is 458 g/mol. The minimum Gasteiger partial charge on any atom is -0.352 e. The van der Waals surface area contributed by atoms with Crippen molar-refractivity contribution < 1.29 is 13.2 Å². The van der Waals surface area contributed by atoms with Crippen LogP contribution in [-0.2, 0) is 10.0 Å². The van der Waals surface area contributed by atoms with Crippen molar-refractivity contribution in [3.05, 3.63) is 60.2 Å². The van der Waals surface area contributed by atoms with Crippen molar-refractivity contribution in [2.45, 2.75) is 24.7 Å². The third kappa shape index (κ3) is 6.31. The molecule has 1 aliphatic heterocycles. The molecule has 0 aromatic heterocycles. The largest absolute Gasteiger partial charge is 0.352 e. The fraction of sp³-hybridized carbons (Fsp3) is 0.458. The number of hydrogen-bond acceptors (Lipinski definition) is 5. The molecule has 0 spiro atoms. The van der Waals surface area contributed by atoms with Crippen LogP contribution >= 0.6 is 0 Å². The van der Waals surface area contributed by atoms with Crippen molar-refractivity contribution in [3.8, 4) is 0 Å². The van der Waals surface area contributed by atoms with Gasteiger partial charge in [-0.05, 0) is 63.7 Å². The van der Waals surface area contributed by atoms with Crippen LogP contribution in [0.2, 0.25) is 0 Å². The van der Waals surface area contributed by atoms with Gasteiger partial charge in [-0.15, -0.1) is 0 Å². The highest BCUT2D eigenvalue weighted by atomic mass is 32.2. The third-order valence-corrected chi connectivity index (χ3v) is 7.70. The van der Waals surface area contributed by atoms with Crippen molar-refractivity contribution >= 4 is 21.6 Å². The van der Waals surface area contributed by atoms with Crippen LogP contribution in [0.3, 0.4) is 0 Å². The SMILES string of the molecule is CCN(c1ccccc1)S(=O)(=O)c1cccc(C(=O)NCCCCN2CCN(C)CC2)c1. The second kappa shape index (κ2) is 11.4. The Labute approximate surface area is 192 Å². The van der Waals surface area contributed by atoms with Crippen LogP contribution in [0.25, 0.3) is 0 Å². The highest BCUT2D eigenvalue weighted by molar-refractivity contribution is 7.92. The third-order valence-electron chi connectivity index (χ3n) is 5.80. The molecule has 3 rings (SSSR count). The van der Waals surface area contributed by atoms with Gasteiger partial charge in [0.05, 0.1) is 10.6 Å². The minimum absolute atomic E-state index is 0.117. The molecule has 0 bridgehead atoms. The van der Waals surface area contributed by atoms with E-state index < -0.39 is 10.0 Å². The van der Waals surface area contributed by atoms with E-state index in [1.54, 1.807) is 43.3 Å². The lowest BCUT2D eigenvalue weighted by molar-refractivity contribution is 0.0951. The Kier molecular flexibility index (Phi) is 8.67. The molecule has 2 aromatic rings. The van der Waals surface area contributed by atoms with Gasteiger partial charge in [-0.1, -0.05) is 24.3 Å². The fourth-order valence-corrected chi connectivity index (χ4v) is 5.37. The maximum Gasteiger partial charge on any atom is 0.264 e. The standard InChI is InChI=1S/C24H34N4O3S/c1-3-28(22-11-5-4-6-12-22)32(30,31)23-13-9-10-21(20-23)24(29)25-14-7-8-15-27-18-16-26(2)17-19-27/h4-6,9-13,20H,3,7-8,14-19H2,1-2H3,(H,25,29). The Hall–Kier alpha value is -2.42.